The van der Waals surface area contributed by atoms with Crippen molar-refractivity contribution < 1.29 is 13.9 Å². The number of aromatic nitrogens is 1. The van der Waals surface area contributed by atoms with Gasteiger partial charge in [-0.05, 0) is 57.7 Å². The van der Waals surface area contributed by atoms with E-state index in [1.807, 2.05) is 13.8 Å². The number of amides is 1. The summed E-state index contributed by atoms with van der Waals surface area (Å²) in [5.41, 5.74) is 6.69. The number of ether oxygens (including phenoxy) is 1. The van der Waals surface area contributed by atoms with Gasteiger partial charge in [0.15, 0.2) is 5.96 Å². The third-order valence-corrected chi connectivity index (χ3v) is 6.21. The van der Waals surface area contributed by atoms with Crippen LogP contribution in [-0.2, 0) is 4.74 Å². The van der Waals surface area contributed by atoms with Crippen LogP contribution in [0.25, 0.3) is 10.4 Å². The number of carbonyl (C=O) groups is 1. The molecule has 0 aliphatic heterocycles. The summed E-state index contributed by atoms with van der Waals surface area (Å²) < 4.78 is 19.8. The van der Waals surface area contributed by atoms with Crippen molar-refractivity contribution in [1.82, 2.24) is 10.3 Å². The SMILES string of the molecule is CN=C(N)Nc1ccc(-c2cnc(C3CCC(NC(=O)OC(C)C)CC3)s2)c(F)c1. The lowest BCUT2D eigenvalue weighted by atomic mass is 9.86. The lowest BCUT2D eigenvalue weighted by Gasteiger charge is -2.28. The lowest BCUT2D eigenvalue weighted by Crippen LogP contribution is -2.38. The predicted molar refractivity (Wildman–Crippen MR) is 118 cm³/mol. The van der Waals surface area contributed by atoms with E-state index in [1.54, 1.807) is 25.4 Å². The van der Waals surface area contributed by atoms with Gasteiger partial charge in [-0.1, -0.05) is 0 Å². The second-order valence-electron chi connectivity index (χ2n) is 7.64. The Hall–Kier alpha value is -2.68. The van der Waals surface area contributed by atoms with Crippen molar-refractivity contribution in [3.63, 3.8) is 0 Å². The molecule has 0 spiro atoms. The molecule has 1 aromatic heterocycles. The Labute approximate surface area is 179 Å². The van der Waals surface area contributed by atoms with Gasteiger partial charge in [-0.15, -0.1) is 11.3 Å². The van der Waals surface area contributed by atoms with Gasteiger partial charge in [-0.25, -0.2) is 14.2 Å². The van der Waals surface area contributed by atoms with Gasteiger partial charge < -0.3 is 21.1 Å². The van der Waals surface area contributed by atoms with Crippen LogP contribution in [-0.4, -0.2) is 36.2 Å². The molecule has 4 N–H and O–H groups in total. The quantitative estimate of drug-likeness (QED) is 0.477. The minimum Gasteiger partial charge on any atom is -0.447 e. The number of anilines is 1. The summed E-state index contributed by atoms with van der Waals surface area (Å²) in [7, 11) is 1.56. The van der Waals surface area contributed by atoms with E-state index in [1.165, 1.54) is 17.4 Å². The lowest BCUT2D eigenvalue weighted by molar-refractivity contribution is 0.109. The standard InChI is InChI=1S/C21H28FN5O2S/c1-12(2)29-21(28)27-14-6-4-13(5-7-14)19-25-11-18(30-19)16-9-8-15(10-17(16)22)26-20(23)24-3/h8-14H,4-7H2,1-3H3,(H,27,28)(H3,23,24,26). The molecule has 9 heteroatoms. The monoisotopic (exact) mass is 433 g/mol. The number of rotatable bonds is 5. The Bertz CT molecular complexity index is 907. The molecule has 0 unspecified atom stereocenters. The zero-order valence-corrected chi connectivity index (χ0v) is 18.3. The summed E-state index contributed by atoms with van der Waals surface area (Å²) in [6.45, 7) is 3.66. The van der Waals surface area contributed by atoms with Crippen molar-refractivity contribution in [2.45, 2.75) is 57.6 Å². The molecule has 1 aliphatic carbocycles. The summed E-state index contributed by atoms with van der Waals surface area (Å²) in [5, 5.41) is 6.78. The molecule has 3 rings (SSSR count). The molecule has 1 heterocycles. The molecule has 0 saturated heterocycles. The first-order valence-electron chi connectivity index (χ1n) is 10.1. The van der Waals surface area contributed by atoms with E-state index >= 15 is 0 Å². The fraction of sp³-hybridized carbons (Fsp3) is 0.476. The number of carbonyl (C=O) groups excluding carboxylic acids is 1. The van der Waals surface area contributed by atoms with Crippen LogP contribution in [0, 0.1) is 5.82 Å². The predicted octanol–water partition coefficient (Wildman–Crippen LogP) is 4.47. The van der Waals surface area contributed by atoms with Crippen molar-refractivity contribution in [3.8, 4) is 10.4 Å². The maximum atomic E-state index is 14.6. The molecule has 1 fully saturated rings. The van der Waals surface area contributed by atoms with Crippen LogP contribution < -0.4 is 16.4 Å². The van der Waals surface area contributed by atoms with E-state index < -0.39 is 0 Å². The second-order valence-corrected chi connectivity index (χ2v) is 8.70. The Morgan fingerprint density at radius 1 is 1.33 bits per heavy atom. The van der Waals surface area contributed by atoms with Crippen molar-refractivity contribution in [3.05, 3.63) is 35.2 Å². The number of benzene rings is 1. The van der Waals surface area contributed by atoms with Gasteiger partial charge >= 0.3 is 6.09 Å². The number of guanidine groups is 1. The highest BCUT2D eigenvalue weighted by molar-refractivity contribution is 7.15. The van der Waals surface area contributed by atoms with E-state index in [0.29, 0.717) is 17.2 Å². The number of halogens is 1. The smallest absolute Gasteiger partial charge is 0.407 e. The highest BCUT2D eigenvalue weighted by atomic mass is 32.1. The fourth-order valence-electron chi connectivity index (χ4n) is 3.50. The molecule has 30 heavy (non-hydrogen) atoms. The Morgan fingerprint density at radius 2 is 2.07 bits per heavy atom. The third kappa shape index (κ3) is 5.69. The number of alkyl carbamates (subject to hydrolysis) is 1. The van der Waals surface area contributed by atoms with E-state index in [-0.39, 0.29) is 30.0 Å². The molecule has 1 aliphatic rings. The molecule has 7 nitrogen and oxygen atoms in total. The van der Waals surface area contributed by atoms with E-state index in [2.05, 4.69) is 20.6 Å². The first kappa shape index (κ1) is 22.0. The van der Waals surface area contributed by atoms with Gasteiger partial charge in [0, 0.05) is 36.5 Å². The summed E-state index contributed by atoms with van der Waals surface area (Å²) >= 11 is 1.52. The number of thiazole rings is 1. The van der Waals surface area contributed by atoms with Crippen LogP contribution >= 0.6 is 11.3 Å². The highest BCUT2D eigenvalue weighted by Crippen LogP contribution is 2.38. The van der Waals surface area contributed by atoms with Crippen LogP contribution in [0.5, 0.6) is 0 Å². The van der Waals surface area contributed by atoms with Gasteiger partial charge in [-0.2, -0.15) is 0 Å². The van der Waals surface area contributed by atoms with Crippen LogP contribution in [0.3, 0.4) is 0 Å². The Kier molecular flexibility index (Phi) is 7.25. The molecule has 0 radical (unpaired) electrons. The van der Waals surface area contributed by atoms with E-state index in [9.17, 15) is 9.18 Å². The fourth-order valence-corrected chi connectivity index (χ4v) is 4.61. The Balaban J connectivity index is 1.60. The van der Waals surface area contributed by atoms with Crippen LogP contribution in [0.15, 0.2) is 29.4 Å². The third-order valence-electron chi connectivity index (χ3n) is 5.01. The van der Waals surface area contributed by atoms with Gasteiger partial charge in [0.25, 0.3) is 0 Å². The van der Waals surface area contributed by atoms with Gasteiger partial charge in [0.05, 0.1) is 16.0 Å². The van der Waals surface area contributed by atoms with Crippen molar-refractivity contribution in [2.24, 2.45) is 10.7 Å². The van der Waals surface area contributed by atoms with Crippen LogP contribution in [0.1, 0.15) is 50.5 Å². The summed E-state index contributed by atoms with van der Waals surface area (Å²) in [4.78, 5) is 20.9. The normalized spacial score (nSPS) is 19.6. The van der Waals surface area contributed by atoms with E-state index in [0.717, 1.165) is 35.6 Å². The number of nitrogens with zero attached hydrogens (tertiary/aromatic N) is 2. The molecular formula is C21H28FN5O2S. The highest BCUT2D eigenvalue weighted by Gasteiger charge is 2.26. The zero-order valence-electron chi connectivity index (χ0n) is 17.4. The average Bonchev–Trinajstić information content (AvgIpc) is 3.17. The second kappa shape index (κ2) is 9.88. The molecule has 1 saturated carbocycles. The minimum atomic E-state index is -0.356. The number of aliphatic imine (C=N–C) groups is 1. The summed E-state index contributed by atoms with van der Waals surface area (Å²) in [6, 6.07) is 5.02. The van der Waals surface area contributed by atoms with Crippen molar-refractivity contribution in [2.75, 3.05) is 12.4 Å². The maximum absolute atomic E-state index is 14.6. The molecule has 1 aromatic carbocycles. The van der Waals surface area contributed by atoms with Gasteiger partial charge in [-0.3, -0.25) is 4.99 Å². The molecular weight excluding hydrogens is 405 g/mol. The van der Waals surface area contributed by atoms with Gasteiger partial charge in [0.2, 0.25) is 0 Å². The summed E-state index contributed by atoms with van der Waals surface area (Å²) in [6.07, 6.45) is 4.87. The molecule has 0 atom stereocenters. The topological polar surface area (TPSA) is 102 Å². The number of nitrogens with one attached hydrogen (secondary N) is 2. The summed E-state index contributed by atoms with van der Waals surface area (Å²) in [5.74, 6) is 0.216. The van der Waals surface area contributed by atoms with Crippen molar-refractivity contribution in [1.29, 1.82) is 0 Å². The van der Waals surface area contributed by atoms with Gasteiger partial charge in [0.1, 0.15) is 5.82 Å². The molecule has 162 valence electrons. The molecule has 0 bridgehead atoms. The maximum Gasteiger partial charge on any atom is 0.407 e. The number of nitrogens with two attached hydrogens (primary N) is 1. The molecule has 2 aromatic rings. The van der Waals surface area contributed by atoms with E-state index in [4.69, 9.17) is 10.5 Å². The minimum absolute atomic E-state index is 0.127. The van der Waals surface area contributed by atoms with Crippen LogP contribution in [0.4, 0.5) is 14.9 Å². The number of hydrogen-bond acceptors (Lipinski definition) is 5. The first-order chi connectivity index (χ1) is 14.4. The Morgan fingerprint density at radius 3 is 2.70 bits per heavy atom. The average molecular weight is 434 g/mol. The zero-order chi connectivity index (χ0) is 21.7. The number of hydrogen-bond donors (Lipinski definition) is 3. The molecule has 1 amide bonds. The van der Waals surface area contributed by atoms with Crippen molar-refractivity contribution >= 4 is 29.1 Å². The van der Waals surface area contributed by atoms with Crippen LogP contribution in [0.2, 0.25) is 0 Å². The largest absolute Gasteiger partial charge is 0.447 e. The first-order valence-corrected chi connectivity index (χ1v) is 10.9.